The number of methoxy groups -OCH3 is 2. The van der Waals surface area contributed by atoms with Crippen LogP contribution in [0.4, 0.5) is 11.4 Å². The molecule has 0 radical (unpaired) electrons. The van der Waals surface area contributed by atoms with E-state index in [9.17, 15) is 4.79 Å². The summed E-state index contributed by atoms with van der Waals surface area (Å²) in [6, 6.07) is 20.7. The highest BCUT2D eigenvalue weighted by Gasteiger charge is 2.09. The Morgan fingerprint density at radius 2 is 1.57 bits per heavy atom. The Morgan fingerprint density at radius 3 is 2.23 bits per heavy atom. The average Bonchev–Trinajstić information content (AvgIpc) is 2.78. The molecule has 3 rings (SSSR count). The normalized spacial score (nSPS) is 10.2. The van der Waals surface area contributed by atoms with E-state index in [1.54, 1.807) is 44.6 Å². The van der Waals surface area contributed by atoms with Gasteiger partial charge in [-0.3, -0.25) is 4.79 Å². The number of nitrogens with one attached hydrogen (secondary N) is 2. The highest BCUT2D eigenvalue weighted by Crippen LogP contribution is 2.28. The zero-order valence-electron chi connectivity index (χ0n) is 16.8. The SMILES string of the molecule is COc1ccc(NC(=O)COc2ccc(CNc3ccc(Br)cc3)cc2OC)cc1. The maximum absolute atomic E-state index is 12.2. The maximum atomic E-state index is 12.2. The minimum atomic E-state index is -0.261. The van der Waals surface area contributed by atoms with Gasteiger partial charge in [0.15, 0.2) is 18.1 Å². The lowest BCUT2D eigenvalue weighted by molar-refractivity contribution is -0.118. The molecule has 0 saturated heterocycles. The quantitative estimate of drug-likeness (QED) is 0.455. The smallest absolute Gasteiger partial charge is 0.262 e. The van der Waals surface area contributed by atoms with Crippen molar-refractivity contribution < 1.29 is 19.0 Å². The van der Waals surface area contributed by atoms with Gasteiger partial charge in [0.2, 0.25) is 0 Å². The maximum Gasteiger partial charge on any atom is 0.262 e. The summed E-state index contributed by atoms with van der Waals surface area (Å²) in [6.07, 6.45) is 0. The van der Waals surface area contributed by atoms with E-state index in [0.717, 1.165) is 21.5 Å². The van der Waals surface area contributed by atoms with E-state index in [1.165, 1.54) is 0 Å². The molecule has 0 heterocycles. The summed E-state index contributed by atoms with van der Waals surface area (Å²) in [4.78, 5) is 12.2. The molecular weight excluding hydrogens is 448 g/mol. The fourth-order valence-electron chi connectivity index (χ4n) is 2.73. The molecule has 0 spiro atoms. The molecular formula is C23H23BrN2O4. The standard InChI is InChI=1S/C23H23BrN2O4/c1-28-20-10-8-19(9-11-20)26-23(27)15-30-21-12-3-16(13-22(21)29-2)14-25-18-6-4-17(24)5-7-18/h3-13,25H,14-15H2,1-2H3,(H,26,27). The van der Waals surface area contributed by atoms with Crippen LogP contribution in [-0.2, 0) is 11.3 Å². The van der Waals surface area contributed by atoms with Crippen molar-refractivity contribution in [1.82, 2.24) is 0 Å². The number of halogens is 1. The Morgan fingerprint density at radius 1 is 0.867 bits per heavy atom. The van der Waals surface area contributed by atoms with Gasteiger partial charge >= 0.3 is 0 Å². The van der Waals surface area contributed by atoms with Gasteiger partial charge in [-0.25, -0.2) is 0 Å². The first-order valence-corrected chi connectivity index (χ1v) is 10.1. The van der Waals surface area contributed by atoms with Crippen molar-refractivity contribution in [3.05, 3.63) is 76.8 Å². The zero-order valence-corrected chi connectivity index (χ0v) is 18.4. The second kappa shape index (κ2) is 10.5. The van der Waals surface area contributed by atoms with Crippen LogP contribution in [0, 0.1) is 0 Å². The van der Waals surface area contributed by atoms with Crippen LogP contribution >= 0.6 is 15.9 Å². The van der Waals surface area contributed by atoms with E-state index >= 15 is 0 Å². The monoisotopic (exact) mass is 470 g/mol. The Balaban J connectivity index is 1.54. The lowest BCUT2D eigenvalue weighted by atomic mass is 10.2. The largest absolute Gasteiger partial charge is 0.497 e. The lowest BCUT2D eigenvalue weighted by Gasteiger charge is -2.13. The van der Waals surface area contributed by atoms with Crippen molar-refractivity contribution in [3.63, 3.8) is 0 Å². The van der Waals surface area contributed by atoms with Crippen LogP contribution in [-0.4, -0.2) is 26.7 Å². The Labute approximate surface area is 184 Å². The van der Waals surface area contributed by atoms with Crippen LogP contribution in [0.5, 0.6) is 17.2 Å². The lowest BCUT2D eigenvalue weighted by Crippen LogP contribution is -2.20. The summed E-state index contributed by atoms with van der Waals surface area (Å²) in [5.74, 6) is 1.55. The molecule has 3 aromatic rings. The minimum absolute atomic E-state index is 0.126. The van der Waals surface area contributed by atoms with Gasteiger partial charge in [0.1, 0.15) is 5.75 Å². The number of anilines is 2. The molecule has 0 aliphatic rings. The first-order chi connectivity index (χ1) is 14.6. The van der Waals surface area contributed by atoms with Crippen molar-refractivity contribution >= 4 is 33.2 Å². The third-order valence-corrected chi connectivity index (χ3v) is 4.83. The van der Waals surface area contributed by atoms with Crippen LogP contribution in [0.25, 0.3) is 0 Å². The van der Waals surface area contributed by atoms with Crippen LogP contribution < -0.4 is 24.8 Å². The highest BCUT2D eigenvalue weighted by molar-refractivity contribution is 9.10. The molecule has 0 unspecified atom stereocenters. The van der Waals surface area contributed by atoms with Gasteiger partial charge in [0, 0.05) is 22.4 Å². The molecule has 6 nitrogen and oxygen atoms in total. The molecule has 0 fully saturated rings. The van der Waals surface area contributed by atoms with Crippen molar-refractivity contribution in [1.29, 1.82) is 0 Å². The number of amides is 1. The van der Waals surface area contributed by atoms with E-state index in [-0.39, 0.29) is 12.5 Å². The summed E-state index contributed by atoms with van der Waals surface area (Å²) in [7, 11) is 3.17. The van der Waals surface area contributed by atoms with E-state index < -0.39 is 0 Å². The first kappa shape index (κ1) is 21.5. The van der Waals surface area contributed by atoms with E-state index in [0.29, 0.717) is 23.7 Å². The third-order valence-electron chi connectivity index (χ3n) is 4.30. The molecule has 2 N–H and O–H groups in total. The number of rotatable bonds is 9. The topological polar surface area (TPSA) is 68.8 Å². The van der Waals surface area contributed by atoms with Crippen LogP contribution in [0.15, 0.2) is 71.2 Å². The first-order valence-electron chi connectivity index (χ1n) is 9.30. The summed E-state index contributed by atoms with van der Waals surface area (Å²) < 4.78 is 17.2. The average molecular weight is 471 g/mol. The minimum Gasteiger partial charge on any atom is -0.497 e. The predicted octanol–water partition coefficient (Wildman–Crippen LogP) is 5.10. The van der Waals surface area contributed by atoms with Crippen molar-refractivity contribution in [2.45, 2.75) is 6.54 Å². The molecule has 0 aliphatic carbocycles. The number of carbonyl (C=O) groups excluding carboxylic acids is 1. The highest BCUT2D eigenvalue weighted by atomic mass is 79.9. The Kier molecular flexibility index (Phi) is 7.57. The number of benzene rings is 3. The summed E-state index contributed by atoms with van der Waals surface area (Å²) >= 11 is 3.43. The van der Waals surface area contributed by atoms with E-state index in [1.807, 2.05) is 36.4 Å². The molecule has 0 atom stereocenters. The summed E-state index contributed by atoms with van der Waals surface area (Å²) in [5.41, 5.74) is 2.73. The van der Waals surface area contributed by atoms with Gasteiger partial charge in [-0.15, -0.1) is 0 Å². The number of hydrogen-bond acceptors (Lipinski definition) is 5. The molecule has 30 heavy (non-hydrogen) atoms. The second-order valence-corrected chi connectivity index (χ2v) is 7.33. The van der Waals surface area contributed by atoms with Crippen molar-refractivity contribution in [2.75, 3.05) is 31.5 Å². The van der Waals surface area contributed by atoms with Gasteiger partial charge in [-0.1, -0.05) is 22.0 Å². The Bertz CT molecular complexity index is 975. The van der Waals surface area contributed by atoms with Crippen LogP contribution in [0.3, 0.4) is 0 Å². The molecule has 7 heteroatoms. The summed E-state index contributed by atoms with van der Waals surface area (Å²) in [5, 5.41) is 6.14. The van der Waals surface area contributed by atoms with Crippen molar-refractivity contribution in [3.8, 4) is 17.2 Å². The van der Waals surface area contributed by atoms with Crippen LogP contribution in [0.1, 0.15) is 5.56 Å². The molecule has 156 valence electrons. The number of ether oxygens (including phenoxy) is 3. The van der Waals surface area contributed by atoms with Gasteiger partial charge in [-0.05, 0) is 66.2 Å². The predicted molar refractivity (Wildman–Crippen MR) is 122 cm³/mol. The fraction of sp³-hybridized carbons (Fsp3) is 0.174. The molecule has 0 aromatic heterocycles. The molecule has 1 amide bonds. The van der Waals surface area contributed by atoms with Gasteiger partial charge in [-0.2, -0.15) is 0 Å². The molecule has 0 aliphatic heterocycles. The molecule has 0 saturated carbocycles. The van der Waals surface area contributed by atoms with E-state index in [4.69, 9.17) is 14.2 Å². The number of carbonyl (C=O) groups is 1. The van der Waals surface area contributed by atoms with Crippen molar-refractivity contribution in [2.24, 2.45) is 0 Å². The molecule has 3 aromatic carbocycles. The number of hydrogen-bond donors (Lipinski definition) is 2. The molecule has 0 bridgehead atoms. The second-order valence-electron chi connectivity index (χ2n) is 6.41. The van der Waals surface area contributed by atoms with Crippen LogP contribution in [0.2, 0.25) is 0 Å². The van der Waals surface area contributed by atoms with E-state index in [2.05, 4.69) is 26.6 Å². The third kappa shape index (κ3) is 6.15. The fourth-order valence-corrected chi connectivity index (χ4v) is 2.99. The Hall–Kier alpha value is -3.19. The van der Waals surface area contributed by atoms with Gasteiger partial charge in [0.25, 0.3) is 5.91 Å². The van der Waals surface area contributed by atoms with Gasteiger partial charge < -0.3 is 24.8 Å². The van der Waals surface area contributed by atoms with Gasteiger partial charge in [0.05, 0.1) is 14.2 Å². The zero-order chi connectivity index (χ0) is 21.3. The summed E-state index contributed by atoms with van der Waals surface area (Å²) in [6.45, 7) is 0.509.